The van der Waals surface area contributed by atoms with Crippen LogP contribution in [0.25, 0.3) is 0 Å². The highest BCUT2D eigenvalue weighted by Crippen LogP contribution is 2.19. The first-order valence-electron chi connectivity index (χ1n) is 6.10. The molecule has 1 heterocycles. The second-order valence-corrected chi connectivity index (χ2v) is 4.74. The number of aromatic nitrogens is 2. The molecule has 2 unspecified atom stereocenters. The van der Waals surface area contributed by atoms with Crippen molar-refractivity contribution in [1.29, 1.82) is 0 Å². The van der Waals surface area contributed by atoms with E-state index in [1.807, 2.05) is 6.92 Å². The molecule has 0 aromatic carbocycles. The molecule has 1 fully saturated rings. The average Bonchev–Trinajstić information content (AvgIpc) is 2.62. The van der Waals surface area contributed by atoms with Gasteiger partial charge in [0.05, 0.1) is 23.4 Å². The van der Waals surface area contributed by atoms with Crippen LogP contribution in [0, 0.1) is 13.8 Å². The van der Waals surface area contributed by atoms with Crippen molar-refractivity contribution in [2.24, 2.45) is 0 Å². The first kappa shape index (κ1) is 12.1. The maximum Gasteiger partial charge on any atom is 0.255 e. The number of aryl methyl sites for hydroxylation is 2. The summed E-state index contributed by atoms with van der Waals surface area (Å²) < 4.78 is 0. The highest BCUT2D eigenvalue weighted by atomic mass is 16.3. The Morgan fingerprint density at radius 2 is 2.12 bits per heavy atom. The zero-order valence-electron chi connectivity index (χ0n) is 10.3. The summed E-state index contributed by atoms with van der Waals surface area (Å²) in [7, 11) is 0. The van der Waals surface area contributed by atoms with Crippen LogP contribution >= 0.6 is 0 Å². The summed E-state index contributed by atoms with van der Waals surface area (Å²) in [6.07, 6.45) is 3.31. The van der Waals surface area contributed by atoms with Crippen molar-refractivity contribution in [1.82, 2.24) is 15.5 Å². The van der Waals surface area contributed by atoms with Gasteiger partial charge in [-0.1, -0.05) is 12.8 Å². The van der Waals surface area contributed by atoms with Crippen molar-refractivity contribution in [2.75, 3.05) is 0 Å². The molecule has 2 rings (SSSR count). The molecule has 94 valence electrons. The number of nitrogens with zero attached hydrogens (tertiary/aromatic N) is 1. The fourth-order valence-corrected chi connectivity index (χ4v) is 2.41. The Kier molecular flexibility index (Phi) is 3.47. The number of hydrogen-bond donors (Lipinski definition) is 3. The van der Waals surface area contributed by atoms with Crippen molar-refractivity contribution in [3.8, 4) is 0 Å². The Labute approximate surface area is 101 Å². The van der Waals surface area contributed by atoms with E-state index >= 15 is 0 Å². The van der Waals surface area contributed by atoms with Gasteiger partial charge >= 0.3 is 0 Å². The maximum atomic E-state index is 12.1. The SMILES string of the molecule is Cc1n[nH]c(C)c1C(=O)NC1CCCCC1O. The van der Waals surface area contributed by atoms with Crippen LogP contribution in [0.4, 0.5) is 0 Å². The van der Waals surface area contributed by atoms with E-state index in [9.17, 15) is 9.90 Å². The zero-order chi connectivity index (χ0) is 12.4. The van der Waals surface area contributed by atoms with Gasteiger partial charge in [-0.25, -0.2) is 0 Å². The van der Waals surface area contributed by atoms with Crippen molar-refractivity contribution in [3.63, 3.8) is 0 Å². The second kappa shape index (κ2) is 4.87. The lowest BCUT2D eigenvalue weighted by Crippen LogP contribution is -2.45. The van der Waals surface area contributed by atoms with Gasteiger partial charge in [-0.2, -0.15) is 5.10 Å². The molecule has 5 nitrogen and oxygen atoms in total. The minimum atomic E-state index is -0.416. The van der Waals surface area contributed by atoms with E-state index in [0.29, 0.717) is 11.3 Å². The van der Waals surface area contributed by atoms with Gasteiger partial charge in [0.2, 0.25) is 0 Å². The topological polar surface area (TPSA) is 78.0 Å². The molecule has 1 aliphatic rings. The molecule has 0 radical (unpaired) electrons. The molecule has 1 aromatic heterocycles. The average molecular weight is 237 g/mol. The number of amides is 1. The van der Waals surface area contributed by atoms with Gasteiger partial charge in [-0.3, -0.25) is 9.89 Å². The van der Waals surface area contributed by atoms with Gasteiger partial charge in [0.25, 0.3) is 5.91 Å². The molecule has 1 amide bonds. The third kappa shape index (κ3) is 2.49. The Balaban J connectivity index is 2.06. The standard InChI is InChI=1S/C12H19N3O2/c1-7-11(8(2)15-14-7)12(17)13-9-5-3-4-6-10(9)16/h9-10,16H,3-6H2,1-2H3,(H,13,17)(H,14,15). The quantitative estimate of drug-likeness (QED) is 0.719. The Hall–Kier alpha value is -1.36. The summed E-state index contributed by atoms with van der Waals surface area (Å²) in [6.45, 7) is 3.63. The van der Waals surface area contributed by atoms with Crippen molar-refractivity contribution in [2.45, 2.75) is 51.7 Å². The number of aliphatic hydroxyl groups excluding tert-OH is 1. The van der Waals surface area contributed by atoms with E-state index in [0.717, 1.165) is 31.4 Å². The van der Waals surface area contributed by atoms with E-state index in [1.54, 1.807) is 6.92 Å². The van der Waals surface area contributed by atoms with Crippen LogP contribution in [0.3, 0.4) is 0 Å². The minimum Gasteiger partial charge on any atom is -0.391 e. The molecule has 0 aliphatic heterocycles. The van der Waals surface area contributed by atoms with Crippen molar-refractivity contribution in [3.05, 3.63) is 17.0 Å². The maximum absolute atomic E-state index is 12.1. The van der Waals surface area contributed by atoms with E-state index in [-0.39, 0.29) is 11.9 Å². The van der Waals surface area contributed by atoms with Gasteiger partial charge in [0.1, 0.15) is 0 Å². The molecule has 3 N–H and O–H groups in total. The molecule has 17 heavy (non-hydrogen) atoms. The van der Waals surface area contributed by atoms with Crippen LogP contribution in [0.15, 0.2) is 0 Å². The smallest absolute Gasteiger partial charge is 0.255 e. The normalized spacial score (nSPS) is 24.6. The van der Waals surface area contributed by atoms with Gasteiger partial charge in [0, 0.05) is 5.69 Å². The number of aliphatic hydroxyl groups is 1. The number of aromatic amines is 1. The lowest BCUT2D eigenvalue weighted by molar-refractivity contribution is 0.0716. The molecule has 0 bridgehead atoms. The van der Waals surface area contributed by atoms with Crippen LogP contribution in [0.5, 0.6) is 0 Å². The molecule has 1 aliphatic carbocycles. The third-order valence-electron chi connectivity index (χ3n) is 3.40. The molecular formula is C12H19N3O2. The van der Waals surface area contributed by atoms with Crippen LogP contribution in [-0.2, 0) is 0 Å². The fourth-order valence-electron chi connectivity index (χ4n) is 2.41. The van der Waals surface area contributed by atoms with Crippen LogP contribution < -0.4 is 5.32 Å². The predicted octanol–water partition coefficient (Wildman–Crippen LogP) is 1.06. The number of H-pyrrole nitrogens is 1. The Morgan fingerprint density at radius 3 is 2.71 bits per heavy atom. The van der Waals surface area contributed by atoms with Gasteiger partial charge in [-0.05, 0) is 26.7 Å². The third-order valence-corrected chi connectivity index (χ3v) is 3.40. The number of nitrogens with one attached hydrogen (secondary N) is 2. The van der Waals surface area contributed by atoms with E-state index < -0.39 is 6.10 Å². The number of carbonyl (C=O) groups excluding carboxylic acids is 1. The van der Waals surface area contributed by atoms with Crippen LogP contribution in [0.1, 0.15) is 47.4 Å². The molecule has 0 saturated heterocycles. The number of rotatable bonds is 2. The monoisotopic (exact) mass is 237 g/mol. The van der Waals surface area contributed by atoms with E-state index in [1.165, 1.54) is 0 Å². The number of carbonyl (C=O) groups is 1. The van der Waals surface area contributed by atoms with Gasteiger partial charge in [0.15, 0.2) is 0 Å². The van der Waals surface area contributed by atoms with Gasteiger partial charge < -0.3 is 10.4 Å². The highest BCUT2D eigenvalue weighted by molar-refractivity contribution is 5.96. The molecule has 1 aromatic rings. The Morgan fingerprint density at radius 1 is 1.41 bits per heavy atom. The summed E-state index contributed by atoms with van der Waals surface area (Å²) in [5, 5.41) is 19.5. The fraction of sp³-hybridized carbons (Fsp3) is 0.667. The van der Waals surface area contributed by atoms with Crippen LogP contribution in [-0.4, -0.2) is 33.4 Å². The Bertz CT molecular complexity index is 394. The second-order valence-electron chi connectivity index (χ2n) is 4.74. The van der Waals surface area contributed by atoms with Crippen molar-refractivity contribution < 1.29 is 9.90 Å². The van der Waals surface area contributed by atoms with E-state index in [4.69, 9.17) is 0 Å². The first-order chi connectivity index (χ1) is 8.09. The van der Waals surface area contributed by atoms with Crippen LogP contribution in [0.2, 0.25) is 0 Å². The summed E-state index contributed by atoms with van der Waals surface area (Å²) in [5.41, 5.74) is 2.07. The lowest BCUT2D eigenvalue weighted by atomic mass is 9.92. The molecule has 5 heteroatoms. The summed E-state index contributed by atoms with van der Waals surface area (Å²) in [5.74, 6) is -0.139. The molecule has 1 saturated carbocycles. The molecule has 2 atom stereocenters. The van der Waals surface area contributed by atoms with Crippen molar-refractivity contribution >= 4 is 5.91 Å². The largest absolute Gasteiger partial charge is 0.391 e. The minimum absolute atomic E-state index is 0.120. The highest BCUT2D eigenvalue weighted by Gasteiger charge is 2.26. The summed E-state index contributed by atoms with van der Waals surface area (Å²) in [6, 6.07) is -0.120. The lowest BCUT2D eigenvalue weighted by Gasteiger charge is -2.28. The molecular weight excluding hydrogens is 218 g/mol. The summed E-state index contributed by atoms with van der Waals surface area (Å²) >= 11 is 0. The zero-order valence-corrected chi connectivity index (χ0v) is 10.3. The first-order valence-corrected chi connectivity index (χ1v) is 6.10. The number of hydrogen-bond acceptors (Lipinski definition) is 3. The predicted molar refractivity (Wildman–Crippen MR) is 63.8 cm³/mol. The summed E-state index contributed by atoms with van der Waals surface area (Å²) in [4.78, 5) is 12.1. The van der Waals surface area contributed by atoms with Gasteiger partial charge in [-0.15, -0.1) is 0 Å². The van der Waals surface area contributed by atoms with E-state index in [2.05, 4.69) is 15.5 Å². The molecule has 0 spiro atoms.